The molecule has 0 aliphatic carbocycles. The molecular formula is C8H16N4O4. The number of rotatable bonds is 9. The average molecular weight is 232 g/mol. The minimum atomic E-state index is -0.478. The third-order valence-electron chi connectivity index (χ3n) is 1.44. The van der Waals surface area contributed by atoms with Gasteiger partial charge in [0.1, 0.15) is 6.61 Å². The maximum atomic E-state index is 10.6. The van der Waals surface area contributed by atoms with E-state index in [4.69, 9.17) is 15.0 Å². The van der Waals surface area contributed by atoms with Crippen LogP contribution in [0.25, 0.3) is 10.4 Å². The topological polar surface area (TPSA) is 106 Å². The number of carbonyl (C=O) groups excluding carboxylic acids is 1. The molecule has 0 radical (unpaired) electrons. The van der Waals surface area contributed by atoms with Crippen LogP contribution in [0.1, 0.15) is 0 Å². The first kappa shape index (κ1) is 14.5. The van der Waals surface area contributed by atoms with Crippen LogP contribution in [-0.4, -0.2) is 52.7 Å². The second-order valence-corrected chi connectivity index (χ2v) is 2.57. The summed E-state index contributed by atoms with van der Waals surface area (Å²) in [5.74, 6) is 0. The van der Waals surface area contributed by atoms with E-state index in [0.29, 0.717) is 33.0 Å². The molecule has 16 heavy (non-hydrogen) atoms. The quantitative estimate of drug-likeness (QED) is 0.273. The summed E-state index contributed by atoms with van der Waals surface area (Å²) in [6, 6.07) is 0. The standard InChI is InChI=1S/C8H16N4O4/c1-10-8(13)16-7-6-15-5-4-14-3-2-11-12-9/h2-7H2,1H3,(H,10,13). The van der Waals surface area contributed by atoms with E-state index in [0.717, 1.165) is 0 Å². The summed E-state index contributed by atoms with van der Waals surface area (Å²) in [7, 11) is 1.49. The van der Waals surface area contributed by atoms with Crippen molar-refractivity contribution in [3.05, 3.63) is 10.4 Å². The summed E-state index contributed by atoms with van der Waals surface area (Å²) >= 11 is 0. The van der Waals surface area contributed by atoms with Crippen LogP contribution in [0.2, 0.25) is 0 Å². The Kier molecular flexibility index (Phi) is 10.5. The monoisotopic (exact) mass is 232 g/mol. The van der Waals surface area contributed by atoms with Crippen molar-refractivity contribution in [2.45, 2.75) is 0 Å². The fourth-order valence-corrected chi connectivity index (χ4v) is 0.738. The van der Waals surface area contributed by atoms with Crippen LogP contribution >= 0.6 is 0 Å². The van der Waals surface area contributed by atoms with Gasteiger partial charge >= 0.3 is 6.09 Å². The lowest BCUT2D eigenvalue weighted by Gasteiger charge is -2.05. The summed E-state index contributed by atoms with van der Waals surface area (Å²) in [4.78, 5) is 13.2. The number of nitrogens with one attached hydrogen (secondary N) is 1. The first-order valence-electron chi connectivity index (χ1n) is 4.82. The second-order valence-electron chi connectivity index (χ2n) is 2.57. The highest BCUT2D eigenvalue weighted by atomic mass is 16.6. The third kappa shape index (κ3) is 10.6. The van der Waals surface area contributed by atoms with E-state index < -0.39 is 6.09 Å². The Bertz CT molecular complexity index is 230. The molecule has 0 aromatic rings. The molecule has 0 heterocycles. The molecule has 0 aromatic carbocycles. The van der Waals surface area contributed by atoms with Crippen molar-refractivity contribution in [1.29, 1.82) is 0 Å². The molecule has 0 aliphatic rings. The molecule has 0 fully saturated rings. The molecule has 1 amide bonds. The van der Waals surface area contributed by atoms with Gasteiger partial charge in [-0.3, -0.25) is 0 Å². The number of alkyl carbamates (subject to hydrolysis) is 1. The number of carbonyl (C=O) groups is 1. The lowest BCUT2D eigenvalue weighted by molar-refractivity contribution is 0.0303. The molecule has 8 heteroatoms. The molecule has 0 saturated carbocycles. The molecule has 0 saturated heterocycles. The van der Waals surface area contributed by atoms with E-state index in [1.54, 1.807) is 0 Å². The fourth-order valence-electron chi connectivity index (χ4n) is 0.738. The number of azide groups is 1. The van der Waals surface area contributed by atoms with E-state index in [9.17, 15) is 4.79 Å². The summed E-state index contributed by atoms with van der Waals surface area (Å²) < 4.78 is 14.9. The van der Waals surface area contributed by atoms with Gasteiger partial charge in [-0.1, -0.05) is 5.11 Å². The molecular weight excluding hydrogens is 216 g/mol. The van der Waals surface area contributed by atoms with Crippen molar-refractivity contribution in [3.8, 4) is 0 Å². The van der Waals surface area contributed by atoms with Gasteiger partial charge in [0.25, 0.3) is 0 Å². The summed E-state index contributed by atoms with van der Waals surface area (Å²) in [6.45, 7) is 2.05. The molecule has 0 bridgehead atoms. The average Bonchev–Trinajstić information content (AvgIpc) is 2.31. The number of hydrogen-bond acceptors (Lipinski definition) is 5. The maximum Gasteiger partial charge on any atom is 0.406 e. The van der Waals surface area contributed by atoms with E-state index in [1.807, 2.05) is 0 Å². The van der Waals surface area contributed by atoms with Crippen LogP contribution in [0.3, 0.4) is 0 Å². The van der Waals surface area contributed by atoms with Gasteiger partial charge < -0.3 is 19.5 Å². The molecule has 0 aromatic heterocycles. The van der Waals surface area contributed by atoms with Gasteiger partial charge in [0.2, 0.25) is 0 Å². The van der Waals surface area contributed by atoms with Gasteiger partial charge in [0.15, 0.2) is 0 Å². The maximum absolute atomic E-state index is 10.6. The summed E-state index contributed by atoms with van der Waals surface area (Å²) in [5, 5.41) is 5.61. The Morgan fingerprint density at radius 2 is 1.88 bits per heavy atom. The van der Waals surface area contributed by atoms with Crippen LogP contribution < -0.4 is 5.32 Å². The van der Waals surface area contributed by atoms with Crippen molar-refractivity contribution in [2.75, 3.05) is 46.6 Å². The van der Waals surface area contributed by atoms with Gasteiger partial charge in [-0.15, -0.1) is 0 Å². The highest BCUT2D eigenvalue weighted by Crippen LogP contribution is 1.82. The number of nitrogens with zero attached hydrogens (tertiary/aromatic N) is 3. The van der Waals surface area contributed by atoms with E-state index in [2.05, 4.69) is 20.1 Å². The molecule has 92 valence electrons. The van der Waals surface area contributed by atoms with Crippen molar-refractivity contribution >= 4 is 6.09 Å². The molecule has 0 rings (SSSR count). The first-order valence-corrected chi connectivity index (χ1v) is 4.82. The van der Waals surface area contributed by atoms with Gasteiger partial charge in [0, 0.05) is 18.5 Å². The van der Waals surface area contributed by atoms with Crippen molar-refractivity contribution in [2.24, 2.45) is 5.11 Å². The van der Waals surface area contributed by atoms with Crippen LogP contribution in [0.15, 0.2) is 5.11 Å². The molecule has 0 spiro atoms. The first-order chi connectivity index (χ1) is 7.81. The molecule has 0 aliphatic heterocycles. The molecule has 1 N–H and O–H groups in total. The van der Waals surface area contributed by atoms with Crippen LogP contribution in [-0.2, 0) is 14.2 Å². The number of ether oxygens (including phenoxy) is 3. The normalized spacial score (nSPS) is 9.31. The van der Waals surface area contributed by atoms with Gasteiger partial charge in [-0.05, 0) is 5.53 Å². The number of amides is 1. The Balaban J connectivity index is 3.04. The Labute approximate surface area is 93.5 Å². The molecule has 8 nitrogen and oxygen atoms in total. The van der Waals surface area contributed by atoms with Crippen molar-refractivity contribution in [1.82, 2.24) is 5.32 Å². The highest BCUT2D eigenvalue weighted by Gasteiger charge is 1.96. The minimum Gasteiger partial charge on any atom is -0.447 e. The van der Waals surface area contributed by atoms with Crippen LogP contribution in [0, 0.1) is 0 Å². The lowest BCUT2D eigenvalue weighted by atomic mass is 10.7. The Morgan fingerprint density at radius 1 is 1.25 bits per heavy atom. The fraction of sp³-hybridized carbons (Fsp3) is 0.875. The predicted octanol–water partition coefficient (Wildman–Crippen LogP) is 0.686. The predicted molar refractivity (Wildman–Crippen MR) is 56.1 cm³/mol. The zero-order valence-corrected chi connectivity index (χ0v) is 9.22. The summed E-state index contributed by atoms with van der Waals surface area (Å²) in [5.41, 5.74) is 7.96. The van der Waals surface area contributed by atoms with E-state index >= 15 is 0 Å². The van der Waals surface area contributed by atoms with E-state index in [-0.39, 0.29) is 6.61 Å². The smallest absolute Gasteiger partial charge is 0.406 e. The highest BCUT2D eigenvalue weighted by molar-refractivity contribution is 5.66. The van der Waals surface area contributed by atoms with Gasteiger partial charge in [0.05, 0.1) is 26.4 Å². The Hall–Kier alpha value is -1.50. The van der Waals surface area contributed by atoms with Gasteiger partial charge in [-0.2, -0.15) is 0 Å². The minimum absolute atomic E-state index is 0.207. The number of hydrogen-bond donors (Lipinski definition) is 1. The van der Waals surface area contributed by atoms with Crippen LogP contribution in [0.5, 0.6) is 0 Å². The van der Waals surface area contributed by atoms with Gasteiger partial charge in [-0.25, -0.2) is 4.79 Å². The SMILES string of the molecule is CNC(=O)OCCOCCOCCN=[N+]=[N-]. The molecule has 0 atom stereocenters. The van der Waals surface area contributed by atoms with Crippen molar-refractivity contribution < 1.29 is 19.0 Å². The summed E-state index contributed by atoms with van der Waals surface area (Å²) in [6.07, 6.45) is -0.478. The lowest BCUT2D eigenvalue weighted by Crippen LogP contribution is -2.21. The molecule has 0 unspecified atom stereocenters. The second kappa shape index (κ2) is 11.6. The zero-order valence-electron chi connectivity index (χ0n) is 9.22. The zero-order chi connectivity index (χ0) is 12.1. The largest absolute Gasteiger partial charge is 0.447 e. The Morgan fingerprint density at radius 3 is 2.50 bits per heavy atom. The van der Waals surface area contributed by atoms with Crippen LogP contribution in [0.4, 0.5) is 4.79 Å². The van der Waals surface area contributed by atoms with Crippen molar-refractivity contribution in [3.63, 3.8) is 0 Å². The third-order valence-corrected chi connectivity index (χ3v) is 1.44. The van der Waals surface area contributed by atoms with E-state index in [1.165, 1.54) is 7.05 Å².